The van der Waals surface area contributed by atoms with Crippen LogP contribution < -0.4 is 9.80 Å². The van der Waals surface area contributed by atoms with Crippen molar-refractivity contribution in [3.05, 3.63) is 59.2 Å². The van der Waals surface area contributed by atoms with Crippen molar-refractivity contribution in [1.29, 1.82) is 0 Å². The molecule has 0 radical (unpaired) electrons. The summed E-state index contributed by atoms with van der Waals surface area (Å²) in [6.07, 6.45) is 1.97. The van der Waals surface area contributed by atoms with Crippen LogP contribution in [-0.4, -0.2) is 43.0 Å². The van der Waals surface area contributed by atoms with Crippen LogP contribution in [0.5, 0.6) is 0 Å². The zero-order chi connectivity index (χ0) is 19.0. The minimum atomic E-state index is -0.0895. The van der Waals surface area contributed by atoms with Gasteiger partial charge < -0.3 is 9.80 Å². The lowest BCUT2D eigenvalue weighted by Gasteiger charge is -2.31. The highest BCUT2D eigenvalue weighted by molar-refractivity contribution is 6.01. The molecule has 2 aliphatic heterocycles. The van der Waals surface area contributed by atoms with Crippen LogP contribution in [0.25, 0.3) is 0 Å². The summed E-state index contributed by atoms with van der Waals surface area (Å²) in [7, 11) is 0. The normalized spacial score (nSPS) is 16.7. The van der Waals surface area contributed by atoms with Crippen molar-refractivity contribution in [3.63, 3.8) is 0 Å². The highest BCUT2D eigenvalue weighted by atomic mass is 16.2. The van der Waals surface area contributed by atoms with Crippen molar-refractivity contribution in [2.24, 2.45) is 0 Å². The molecule has 2 aliphatic rings. The van der Waals surface area contributed by atoms with E-state index in [-0.39, 0.29) is 18.5 Å². The van der Waals surface area contributed by atoms with Crippen LogP contribution >= 0.6 is 0 Å². The number of hydrogen-bond donors (Lipinski definition) is 0. The van der Waals surface area contributed by atoms with Gasteiger partial charge in [-0.05, 0) is 50.5 Å². The fourth-order valence-corrected chi connectivity index (χ4v) is 3.93. The van der Waals surface area contributed by atoms with Crippen LogP contribution in [0.4, 0.5) is 16.2 Å². The molecule has 2 heterocycles. The number of aryl methyl sites for hydroxylation is 3. The molecule has 4 rings (SSSR count). The van der Waals surface area contributed by atoms with Crippen molar-refractivity contribution < 1.29 is 9.59 Å². The van der Waals surface area contributed by atoms with Gasteiger partial charge in [-0.15, -0.1) is 0 Å². The summed E-state index contributed by atoms with van der Waals surface area (Å²) in [5, 5.41) is 0. The minimum Gasteiger partial charge on any atom is -0.313 e. The van der Waals surface area contributed by atoms with Gasteiger partial charge >= 0.3 is 6.03 Å². The Hall–Kier alpha value is -2.82. The van der Waals surface area contributed by atoms with E-state index in [0.717, 1.165) is 36.3 Å². The molecule has 27 heavy (non-hydrogen) atoms. The lowest BCUT2D eigenvalue weighted by molar-refractivity contribution is -0.119. The van der Waals surface area contributed by atoms with Crippen molar-refractivity contribution in [2.45, 2.75) is 26.7 Å². The molecule has 0 aromatic heterocycles. The first-order valence-electron chi connectivity index (χ1n) is 9.56. The van der Waals surface area contributed by atoms with Gasteiger partial charge in [0.05, 0.1) is 0 Å². The van der Waals surface area contributed by atoms with Crippen LogP contribution in [0.15, 0.2) is 42.5 Å². The molecule has 0 aliphatic carbocycles. The Bertz CT molecular complexity index is 876. The van der Waals surface area contributed by atoms with Gasteiger partial charge in [0.1, 0.15) is 6.54 Å². The molecule has 0 spiro atoms. The Balaban J connectivity index is 1.47. The highest BCUT2D eigenvalue weighted by Gasteiger charge is 2.33. The molecule has 0 bridgehead atoms. The Morgan fingerprint density at radius 1 is 0.963 bits per heavy atom. The van der Waals surface area contributed by atoms with Gasteiger partial charge in [-0.25, -0.2) is 4.79 Å². The topological polar surface area (TPSA) is 43.9 Å². The number of benzene rings is 2. The molecule has 5 heteroatoms. The van der Waals surface area contributed by atoms with Gasteiger partial charge in [-0.1, -0.05) is 35.4 Å². The fraction of sp³-hybridized carbons (Fsp3) is 0.364. The molecule has 0 unspecified atom stereocenters. The second-order valence-electron chi connectivity index (χ2n) is 7.47. The van der Waals surface area contributed by atoms with E-state index >= 15 is 0 Å². The van der Waals surface area contributed by atoms with E-state index in [4.69, 9.17) is 0 Å². The summed E-state index contributed by atoms with van der Waals surface area (Å²) in [5.74, 6) is -0.00101. The zero-order valence-corrected chi connectivity index (χ0v) is 15.9. The van der Waals surface area contributed by atoms with Gasteiger partial charge in [-0.3, -0.25) is 9.69 Å². The Morgan fingerprint density at radius 2 is 1.70 bits per heavy atom. The summed E-state index contributed by atoms with van der Waals surface area (Å²) < 4.78 is 0. The number of amides is 3. The summed E-state index contributed by atoms with van der Waals surface area (Å²) in [6.45, 7) is 6.15. The number of hydrogen-bond acceptors (Lipinski definition) is 2. The monoisotopic (exact) mass is 363 g/mol. The third kappa shape index (κ3) is 3.42. The van der Waals surface area contributed by atoms with E-state index in [1.807, 2.05) is 48.2 Å². The number of nitrogens with zero attached hydrogens (tertiary/aromatic N) is 3. The van der Waals surface area contributed by atoms with E-state index < -0.39 is 0 Å². The largest absolute Gasteiger partial charge is 0.325 e. The third-order valence-corrected chi connectivity index (χ3v) is 5.42. The van der Waals surface area contributed by atoms with Gasteiger partial charge in [-0.2, -0.15) is 0 Å². The van der Waals surface area contributed by atoms with Crippen LogP contribution in [0.1, 0.15) is 23.1 Å². The highest BCUT2D eigenvalue weighted by Crippen LogP contribution is 2.28. The quantitative estimate of drug-likeness (QED) is 0.837. The number of fused-ring (bicyclic) bond motifs is 1. The number of urea groups is 1. The molecule has 3 amide bonds. The van der Waals surface area contributed by atoms with Gasteiger partial charge in [0, 0.05) is 31.0 Å². The van der Waals surface area contributed by atoms with Crippen molar-refractivity contribution in [1.82, 2.24) is 4.90 Å². The SMILES string of the molecule is Cc1ccc(N2CCN(CC(=O)N3CCCc4cc(C)ccc43)C2=O)cc1. The van der Waals surface area contributed by atoms with Crippen LogP contribution in [0, 0.1) is 13.8 Å². The standard InChI is InChI=1S/C22H25N3O2/c1-16-5-8-19(9-6-16)24-13-12-23(22(24)27)15-21(26)25-11-3-4-18-14-17(2)7-10-20(18)25/h5-10,14H,3-4,11-13,15H2,1-2H3. The summed E-state index contributed by atoms with van der Waals surface area (Å²) in [6, 6.07) is 14.1. The average molecular weight is 363 g/mol. The fourth-order valence-electron chi connectivity index (χ4n) is 3.93. The van der Waals surface area contributed by atoms with E-state index in [2.05, 4.69) is 13.0 Å². The predicted molar refractivity (Wildman–Crippen MR) is 107 cm³/mol. The number of anilines is 2. The average Bonchev–Trinajstić information content (AvgIpc) is 3.02. The van der Waals surface area contributed by atoms with Crippen LogP contribution in [0.2, 0.25) is 0 Å². The van der Waals surface area contributed by atoms with Crippen molar-refractivity contribution in [3.8, 4) is 0 Å². The lowest BCUT2D eigenvalue weighted by Crippen LogP contribution is -2.44. The molecular formula is C22H25N3O2. The summed E-state index contributed by atoms with van der Waals surface area (Å²) >= 11 is 0. The molecule has 0 saturated carbocycles. The first kappa shape index (κ1) is 17.6. The predicted octanol–water partition coefficient (Wildman–Crippen LogP) is 3.52. The Morgan fingerprint density at radius 3 is 2.48 bits per heavy atom. The third-order valence-electron chi connectivity index (χ3n) is 5.42. The molecule has 2 aromatic carbocycles. The first-order chi connectivity index (χ1) is 13.0. The van der Waals surface area contributed by atoms with Gasteiger partial charge in [0.15, 0.2) is 0 Å². The van der Waals surface area contributed by atoms with Gasteiger partial charge in [0.2, 0.25) is 5.91 Å². The van der Waals surface area contributed by atoms with E-state index in [9.17, 15) is 9.59 Å². The van der Waals surface area contributed by atoms with Gasteiger partial charge in [0.25, 0.3) is 0 Å². The van der Waals surface area contributed by atoms with Crippen molar-refractivity contribution in [2.75, 3.05) is 36.0 Å². The molecule has 1 saturated heterocycles. The second kappa shape index (κ2) is 7.06. The molecule has 5 nitrogen and oxygen atoms in total. The summed E-state index contributed by atoms with van der Waals surface area (Å²) in [5.41, 5.74) is 5.49. The molecule has 0 N–H and O–H groups in total. The van der Waals surface area contributed by atoms with Crippen LogP contribution in [0.3, 0.4) is 0 Å². The maximum Gasteiger partial charge on any atom is 0.325 e. The Labute approximate surface area is 160 Å². The molecular weight excluding hydrogens is 338 g/mol. The number of rotatable bonds is 3. The summed E-state index contributed by atoms with van der Waals surface area (Å²) in [4.78, 5) is 31.0. The molecule has 0 atom stereocenters. The molecule has 2 aromatic rings. The van der Waals surface area contributed by atoms with Crippen molar-refractivity contribution >= 4 is 23.3 Å². The van der Waals surface area contributed by atoms with E-state index in [1.54, 1.807) is 9.80 Å². The Kier molecular flexibility index (Phi) is 4.60. The smallest absolute Gasteiger partial charge is 0.313 e. The van der Waals surface area contributed by atoms with Crippen LogP contribution in [-0.2, 0) is 11.2 Å². The maximum atomic E-state index is 12.9. The number of carbonyl (C=O) groups excluding carboxylic acids is 2. The maximum absolute atomic E-state index is 12.9. The number of carbonyl (C=O) groups is 2. The minimum absolute atomic E-state index is 0.00101. The lowest BCUT2D eigenvalue weighted by atomic mass is 9.99. The first-order valence-corrected chi connectivity index (χ1v) is 9.56. The second-order valence-corrected chi connectivity index (χ2v) is 7.47. The van der Waals surface area contributed by atoms with E-state index in [0.29, 0.717) is 13.1 Å². The van der Waals surface area contributed by atoms with E-state index in [1.165, 1.54) is 11.1 Å². The molecule has 140 valence electrons. The zero-order valence-electron chi connectivity index (χ0n) is 15.9. The molecule has 1 fully saturated rings.